The molecule has 1 fully saturated rings. The van der Waals surface area contributed by atoms with Gasteiger partial charge in [0.15, 0.2) is 0 Å². The van der Waals surface area contributed by atoms with E-state index in [0.717, 1.165) is 82.6 Å². The molecule has 9 nitrogen and oxygen atoms in total. The number of benzene rings is 9. The number of fused-ring (bicyclic) bond motifs is 9. The van der Waals surface area contributed by atoms with Crippen LogP contribution in [-0.4, -0.2) is 32.7 Å². The maximum absolute atomic E-state index is 14.3. The molecule has 0 unspecified atom stereocenters. The Labute approximate surface area is 432 Å². The molecule has 1 aliphatic rings. The van der Waals surface area contributed by atoms with Gasteiger partial charge in [0.25, 0.3) is 0 Å². The second-order valence-electron chi connectivity index (χ2n) is 19.6. The Morgan fingerprint density at radius 3 is 0.867 bits per heavy atom. The topological polar surface area (TPSA) is 126 Å². The first kappa shape index (κ1) is 45.3. The van der Waals surface area contributed by atoms with Gasteiger partial charge in [0.1, 0.15) is 0 Å². The first-order valence-electron chi connectivity index (χ1n) is 25.4. The molecule has 0 bridgehead atoms. The van der Waals surface area contributed by atoms with Crippen LogP contribution in [0.4, 0.5) is 17.1 Å². The van der Waals surface area contributed by atoms with Crippen molar-refractivity contribution in [3.8, 4) is 33.8 Å². The van der Waals surface area contributed by atoms with E-state index in [2.05, 4.69) is 88.7 Å². The SMILES string of the molecule is O=C(Nc1ccc(-c2ccc3c(ccc4ccccc43)n2)cc1)C1CC(C(=O)Nc2ccc(-c3ccc4c(ccc5ccccc54)n3)cc2)CC(C(=O)Nc2ccc(-c3ccc4c(ccc5ccccc54)n3)cc2)C1. The highest BCUT2D eigenvalue weighted by molar-refractivity contribution is 6.09. The highest BCUT2D eigenvalue weighted by Gasteiger charge is 2.39. The van der Waals surface area contributed by atoms with Gasteiger partial charge in [-0.2, -0.15) is 0 Å². The zero-order valence-electron chi connectivity index (χ0n) is 40.7. The molecule has 1 aliphatic carbocycles. The molecule has 0 saturated heterocycles. The van der Waals surface area contributed by atoms with E-state index in [1.165, 1.54) is 16.2 Å². The van der Waals surface area contributed by atoms with Gasteiger partial charge in [-0.05, 0) is 124 Å². The van der Waals surface area contributed by atoms with Crippen molar-refractivity contribution >= 4 is 99.8 Å². The molecule has 0 spiro atoms. The van der Waals surface area contributed by atoms with Crippen molar-refractivity contribution in [3.63, 3.8) is 0 Å². The number of carbonyl (C=O) groups is 3. The van der Waals surface area contributed by atoms with E-state index in [9.17, 15) is 14.4 Å². The van der Waals surface area contributed by atoms with Gasteiger partial charge in [0.05, 0.1) is 33.6 Å². The first-order chi connectivity index (χ1) is 36.8. The van der Waals surface area contributed by atoms with Gasteiger partial charge < -0.3 is 16.0 Å². The summed E-state index contributed by atoms with van der Waals surface area (Å²) >= 11 is 0. The predicted molar refractivity (Wildman–Crippen MR) is 304 cm³/mol. The highest BCUT2D eigenvalue weighted by Crippen LogP contribution is 2.37. The van der Waals surface area contributed by atoms with Gasteiger partial charge in [-0.1, -0.05) is 146 Å². The number of nitrogens with one attached hydrogen (secondary N) is 3. The minimum atomic E-state index is -0.612. The first-order valence-corrected chi connectivity index (χ1v) is 25.4. The number of anilines is 3. The Morgan fingerprint density at radius 1 is 0.293 bits per heavy atom. The van der Waals surface area contributed by atoms with Crippen LogP contribution in [0.2, 0.25) is 0 Å². The Morgan fingerprint density at radius 2 is 0.573 bits per heavy atom. The summed E-state index contributed by atoms with van der Waals surface area (Å²) in [5.41, 5.74) is 9.81. The lowest BCUT2D eigenvalue weighted by atomic mass is 9.74. The Bertz CT molecular complexity index is 3780. The summed E-state index contributed by atoms with van der Waals surface area (Å²) in [6.07, 6.45) is 0.852. The number of hydrogen-bond acceptors (Lipinski definition) is 6. The van der Waals surface area contributed by atoms with Crippen molar-refractivity contribution in [1.29, 1.82) is 0 Å². The van der Waals surface area contributed by atoms with Crippen LogP contribution >= 0.6 is 0 Å². The summed E-state index contributed by atoms with van der Waals surface area (Å²) in [7, 11) is 0. The van der Waals surface area contributed by atoms with E-state index >= 15 is 0 Å². The number of amides is 3. The van der Waals surface area contributed by atoms with E-state index in [1.807, 2.05) is 146 Å². The molecule has 0 aliphatic heterocycles. The largest absolute Gasteiger partial charge is 0.326 e. The van der Waals surface area contributed by atoms with Gasteiger partial charge in [-0.25, -0.2) is 15.0 Å². The average Bonchev–Trinajstić information content (AvgIpc) is 3.47. The number of hydrogen-bond donors (Lipinski definition) is 3. The lowest BCUT2D eigenvalue weighted by Gasteiger charge is -2.33. The molecule has 360 valence electrons. The summed E-state index contributed by atoms with van der Waals surface area (Å²) < 4.78 is 0. The van der Waals surface area contributed by atoms with Crippen LogP contribution in [0.5, 0.6) is 0 Å². The van der Waals surface area contributed by atoms with E-state index in [4.69, 9.17) is 15.0 Å². The summed E-state index contributed by atoms with van der Waals surface area (Å²) in [6.45, 7) is 0. The van der Waals surface area contributed by atoms with Gasteiger partial charge >= 0.3 is 0 Å². The third-order valence-electron chi connectivity index (χ3n) is 15.0. The van der Waals surface area contributed by atoms with Gasteiger partial charge in [0.2, 0.25) is 17.7 Å². The van der Waals surface area contributed by atoms with E-state index in [-0.39, 0.29) is 37.0 Å². The maximum atomic E-state index is 14.3. The van der Waals surface area contributed by atoms with Crippen molar-refractivity contribution in [2.45, 2.75) is 19.3 Å². The van der Waals surface area contributed by atoms with Crippen LogP contribution in [0.1, 0.15) is 19.3 Å². The molecule has 9 aromatic carbocycles. The Kier molecular flexibility index (Phi) is 11.5. The zero-order chi connectivity index (χ0) is 50.4. The molecule has 13 rings (SSSR count). The summed E-state index contributed by atoms with van der Waals surface area (Å²) in [5, 5.41) is 19.6. The molecule has 9 heteroatoms. The predicted octanol–water partition coefficient (Wildman–Crippen LogP) is 15.0. The molecule has 3 N–H and O–H groups in total. The molecular weight excluding hydrogens is 925 g/mol. The quantitative estimate of drug-likeness (QED) is 0.124. The standard InChI is InChI=1S/C66H48N6O3/c73-64(67-49-22-13-43(14-23-49)58-34-28-55-52-10-4-1-7-40(52)19-31-61(55)70-58)46-37-47(65(74)68-50-24-15-44(16-25-50)59-35-29-56-53-11-5-2-8-41(53)20-32-62(56)71-59)39-48(38-46)66(75)69-51-26-17-45(18-27-51)60-36-30-57-54-12-6-3-9-42(54)21-33-63(57)72-60/h1-36,46-48H,37-39H2,(H,67,73)(H,68,74)(H,69,75). The number of rotatable bonds is 9. The van der Waals surface area contributed by atoms with Crippen molar-refractivity contribution in [1.82, 2.24) is 15.0 Å². The molecule has 1 saturated carbocycles. The molecule has 3 amide bonds. The van der Waals surface area contributed by atoms with Crippen molar-refractivity contribution < 1.29 is 14.4 Å². The molecule has 3 heterocycles. The zero-order valence-corrected chi connectivity index (χ0v) is 40.7. The van der Waals surface area contributed by atoms with Crippen LogP contribution in [0.25, 0.3) is 98.8 Å². The number of nitrogens with zero attached hydrogens (tertiary/aromatic N) is 3. The average molecular weight is 973 g/mol. The third kappa shape index (κ3) is 8.95. The summed E-state index contributed by atoms with van der Waals surface area (Å²) in [4.78, 5) is 57.7. The number of aromatic nitrogens is 3. The lowest BCUT2D eigenvalue weighted by molar-refractivity contribution is -0.129. The molecule has 0 radical (unpaired) electrons. The second-order valence-corrected chi connectivity index (χ2v) is 19.6. The Hall–Kier alpha value is -9.60. The fraction of sp³-hybridized carbons (Fsp3) is 0.0909. The lowest BCUT2D eigenvalue weighted by Crippen LogP contribution is -2.40. The maximum Gasteiger partial charge on any atom is 0.227 e. The van der Waals surface area contributed by atoms with Gasteiger partial charge in [0, 0.05) is 67.7 Å². The van der Waals surface area contributed by atoms with Crippen LogP contribution in [0.15, 0.2) is 218 Å². The highest BCUT2D eigenvalue weighted by atomic mass is 16.2. The van der Waals surface area contributed by atoms with Crippen LogP contribution in [0.3, 0.4) is 0 Å². The van der Waals surface area contributed by atoms with Crippen molar-refractivity contribution in [2.24, 2.45) is 17.8 Å². The van der Waals surface area contributed by atoms with Crippen LogP contribution in [-0.2, 0) is 14.4 Å². The van der Waals surface area contributed by atoms with Crippen LogP contribution in [0, 0.1) is 17.8 Å². The van der Waals surface area contributed by atoms with E-state index < -0.39 is 17.8 Å². The van der Waals surface area contributed by atoms with Gasteiger partial charge in [-0.3, -0.25) is 14.4 Å². The molecule has 12 aromatic rings. The van der Waals surface area contributed by atoms with E-state index in [1.54, 1.807) is 0 Å². The minimum Gasteiger partial charge on any atom is -0.326 e. The van der Waals surface area contributed by atoms with Gasteiger partial charge in [-0.15, -0.1) is 0 Å². The number of carbonyl (C=O) groups excluding carboxylic acids is 3. The summed E-state index contributed by atoms with van der Waals surface area (Å²) in [5.74, 6) is -2.56. The smallest absolute Gasteiger partial charge is 0.227 e. The summed E-state index contributed by atoms with van der Waals surface area (Å²) in [6, 6.07) is 72.6. The molecule has 75 heavy (non-hydrogen) atoms. The van der Waals surface area contributed by atoms with Crippen LogP contribution < -0.4 is 16.0 Å². The molecular formula is C66H48N6O3. The fourth-order valence-electron chi connectivity index (χ4n) is 11.0. The van der Waals surface area contributed by atoms with Crippen molar-refractivity contribution in [2.75, 3.05) is 16.0 Å². The molecule has 0 atom stereocenters. The molecule has 3 aromatic heterocycles. The number of pyridine rings is 3. The van der Waals surface area contributed by atoms with Crippen molar-refractivity contribution in [3.05, 3.63) is 218 Å². The normalized spacial score (nSPS) is 15.6. The second kappa shape index (κ2) is 19.1. The third-order valence-corrected chi connectivity index (χ3v) is 15.0. The van der Waals surface area contributed by atoms with E-state index in [0.29, 0.717) is 17.1 Å². The fourth-order valence-corrected chi connectivity index (χ4v) is 11.0. The minimum absolute atomic E-state index is 0.241. The Balaban J connectivity index is 0.722. The monoisotopic (exact) mass is 972 g/mol.